The van der Waals surface area contributed by atoms with Crippen molar-refractivity contribution in [2.45, 2.75) is 104 Å². The van der Waals surface area contributed by atoms with Crippen LogP contribution in [0, 0.1) is 0 Å². The molecule has 0 unspecified atom stereocenters. The number of rotatable bonds is 20. The van der Waals surface area contributed by atoms with E-state index in [-0.39, 0.29) is 0 Å². The first kappa shape index (κ1) is 33.3. The molecule has 42 heavy (non-hydrogen) atoms. The SMILES string of the molecule is C=C/C=C(\CCC)c1ccc(-c2ccc(CC(=C)c3ccc(CCCCCCCCC)cc3CCCCN)cc2)cc1. The molecule has 0 spiro atoms. The van der Waals surface area contributed by atoms with Crippen LogP contribution in [0.25, 0.3) is 22.3 Å². The number of unbranched alkanes of at least 4 members (excludes halogenated alkanes) is 7. The highest BCUT2D eigenvalue weighted by atomic mass is 14.5. The van der Waals surface area contributed by atoms with Crippen LogP contribution in [0.2, 0.25) is 0 Å². The standard InChI is InChI=1S/C41H55N/c1-5-8-9-10-11-12-13-18-34-22-29-41(40(32-34)19-14-15-30-42)33(4)31-35-20-23-37(24-21-35)39-27-25-38(26-28-39)36(16-6-2)17-7-3/h6,16,20-29,32H,2,4-5,7-15,17-19,30-31,42H2,1,3H3/b36-16+. The molecule has 0 aliphatic rings. The zero-order chi connectivity index (χ0) is 30.0. The molecule has 0 aliphatic carbocycles. The van der Waals surface area contributed by atoms with Crippen molar-refractivity contribution < 1.29 is 0 Å². The Kier molecular flexibility index (Phi) is 15.2. The highest BCUT2D eigenvalue weighted by Gasteiger charge is 2.10. The van der Waals surface area contributed by atoms with E-state index in [2.05, 4.69) is 99.8 Å². The fourth-order valence-corrected chi connectivity index (χ4v) is 5.87. The Hall–Kier alpha value is -3.16. The van der Waals surface area contributed by atoms with E-state index in [1.54, 1.807) is 0 Å². The molecule has 224 valence electrons. The molecular formula is C41H55N. The summed E-state index contributed by atoms with van der Waals surface area (Å²) in [5, 5.41) is 0. The smallest absolute Gasteiger partial charge is 0.00256 e. The number of hydrogen-bond acceptors (Lipinski definition) is 1. The molecule has 0 bridgehead atoms. The minimum Gasteiger partial charge on any atom is -0.330 e. The van der Waals surface area contributed by atoms with E-state index in [1.165, 1.54) is 101 Å². The van der Waals surface area contributed by atoms with Gasteiger partial charge in [0.1, 0.15) is 0 Å². The van der Waals surface area contributed by atoms with E-state index in [0.29, 0.717) is 0 Å². The van der Waals surface area contributed by atoms with Gasteiger partial charge in [-0.15, -0.1) is 0 Å². The van der Waals surface area contributed by atoms with Crippen molar-refractivity contribution in [1.82, 2.24) is 0 Å². The Morgan fingerprint density at radius 3 is 1.95 bits per heavy atom. The minimum absolute atomic E-state index is 0.758. The molecule has 0 atom stereocenters. The Morgan fingerprint density at radius 1 is 0.690 bits per heavy atom. The van der Waals surface area contributed by atoms with E-state index < -0.39 is 0 Å². The molecule has 0 saturated carbocycles. The van der Waals surface area contributed by atoms with Crippen molar-refractivity contribution in [3.63, 3.8) is 0 Å². The number of aryl methyl sites for hydroxylation is 2. The largest absolute Gasteiger partial charge is 0.330 e. The van der Waals surface area contributed by atoms with Gasteiger partial charge < -0.3 is 5.73 Å². The summed E-state index contributed by atoms with van der Waals surface area (Å²) in [6, 6.07) is 25.1. The summed E-state index contributed by atoms with van der Waals surface area (Å²) in [6.45, 7) is 13.7. The third-order valence-electron chi connectivity index (χ3n) is 8.32. The van der Waals surface area contributed by atoms with Gasteiger partial charge in [-0.25, -0.2) is 0 Å². The van der Waals surface area contributed by atoms with Gasteiger partial charge in [-0.1, -0.05) is 151 Å². The summed E-state index contributed by atoms with van der Waals surface area (Å²) in [6.07, 6.45) is 21.0. The highest BCUT2D eigenvalue weighted by Crippen LogP contribution is 2.28. The van der Waals surface area contributed by atoms with Crippen LogP contribution in [-0.2, 0) is 19.3 Å². The number of allylic oxidation sites excluding steroid dienone is 4. The maximum atomic E-state index is 5.82. The van der Waals surface area contributed by atoms with Gasteiger partial charge in [0.25, 0.3) is 0 Å². The molecule has 0 aromatic heterocycles. The van der Waals surface area contributed by atoms with E-state index in [4.69, 9.17) is 5.73 Å². The number of hydrogen-bond donors (Lipinski definition) is 1. The van der Waals surface area contributed by atoms with Crippen molar-refractivity contribution in [1.29, 1.82) is 0 Å². The number of nitrogens with two attached hydrogens (primary N) is 1. The van der Waals surface area contributed by atoms with Gasteiger partial charge >= 0.3 is 0 Å². The van der Waals surface area contributed by atoms with E-state index in [1.807, 2.05) is 6.08 Å². The maximum Gasteiger partial charge on any atom is -0.00256 e. The average molecular weight is 562 g/mol. The van der Waals surface area contributed by atoms with Gasteiger partial charge in [0.2, 0.25) is 0 Å². The van der Waals surface area contributed by atoms with Gasteiger partial charge in [0, 0.05) is 0 Å². The molecule has 3 aromatic carbocycles. The molecule has 0 amide bonds. The van der Waals surface area contributed by atoms with Gasteiger partial charge in [0.15, 0.2) is 0 Å². The predicted molar refractivity (Wildman–Crippen MR) is 188 cm³/mol. The third-order valence-corrected chi connectivity index (χ3v) is 8.32. The molecule has 0 fully saturated rings. The summed E-state index contributed by atoms with van der Waals surface area (Å²) in [5.74, 6) is 0. The second-order valence-corrected chi connectivity index (χ2v) is 11.8. The van der Waals surface area contributed by atoms with E-state index in [9.17, 15) is 0 Å². The zero-order valence-electron chi connectivity index (χ0n) is 26.6. The van der Waals surface area contributed by atoms with E-state index >= 15 is 0 Å². The molecule has 2 N–H and O–H groups in total. The normalized spacial score (nSPS) is 11.5. The summed E-state index contributed by atoms with van der Waals surface area (Å²) in [7, 11) is 0. The Balaban J connectivity index is 1.64. The summed E-state index contributed by atoms with van der Waals surface area (Å²) < 4.78 is 0. The van der Waals surface area contributed by atoms with Crippen LogP contribution >= 0.6 is 0 Å². The molecule has 0 radical (unpaired) electrons. The first-order valence-electron chi connectivity index (χ1n) is 16.6. The lowest BCUT2D eigenvalue weighted by Gasteiger charge is -2.15. The lowest BCUT2D eigenvalue weighted by molar-refractivity contribution is 0.589. The molecule has 3 aromatic rings. The van der Waals surface area contributed by atoms with Crippen LogP contribution in [0.4, 0.5) is 0 Å². The van der Waals surface area contributed by atoms with Crippen LogP contribution in [-0.4, -0.2) is 6.54 Å². The summed E-state index contributed by atoms with van der Waals surface area (Å²) in [4.78, 5) is 0. The van der Waals surface area contributed by atoms with Crippen molar-refractivity contribution in [3.8, 4) is 11.1 Å². The molecule has 1 heteroatoms. The zero-order valence-corrected chi connectivity index (χ0v) is 26.6. The quantitative estimate of drug-likeness (QED) is 0.108. The van der Waals surface area contributed by atoms with Gasteiger partial charge in [0.05, 0.1) is 0 Å². The van der Waals surface area contributed by atoms with Crippen LogP contribution in [0.5, 0.6) is 0 Å². The fraction of sp³-hybridized carbons (Fsp3) is 0.415. The van der Waals surface area contributed by atoms with Crippen LogP contribution in [0.1, 0.15) is 112 Å². The maximum absolute atomic E-state index is 5.82. The van der Waals surface area contributed by atoms with Gasteiger partial charge in [-0.05, 0) is 102 Å². The molecule has 1 nitrogen and oxygen atoms in total. The van der Waals surface area contributed by atoms with Crippen LogP contribution in [0.15, 0.2) is 92.0 Å². The first-order valence-corrected chi connectivity index (χ1v) is 16.6. The molecule has 3 rings (SSSR count). The van der Waals surface area contributed by atoms with Gasteiger partial charge in [-0.2, -0.15) is 0 Å². The summed E-state index contributed by atoms with van der Waals surface area (Å²) >= 11 is 0. The fourth-order valence-electron chi connectivity index (χ4n) is 5.87. The lowest BCUT2D eigenvalue weighted by Crippen LogP contribution is -2.02. The number of benzene rings is 3. The van der Waals surface area contributed by atoms with Crippen molar-refractivity contribution in [2.24, 2.45) is 5.73 Å². The van der Waals surface area contributed by atoms with Crippen molar-refractivity contribution in [3.05, 3.63) is 120 Å². The second kappa shape index (κ2) is 19.1. The monoisotopic (exact) mass is 561 g/mol. The van der Waals surface area contributed by atoms with E-state index in [0.717, 1.165) is 45.1 Å². The highest BCUT2D eigenvalue weighted by molar-refractivity contribution is 5.72. The van der Waals surface area contributed by atoms with Crippen molar-refractivity contribution in [2.75, 3.05) is 6.54 Å². The predicted octanol–water partition coefficient (Wildman–Crippen LogP) is 11.6. The third kappa shape index (κ3) is 10.9. The Morgan fingerprint density at radius 2 is 1.31 bits per heavy atom. The lowest BCUT2D eigenvalue weighted by atomic mass is 9.90. The van der Waals surface area contributed by atoms with Crippen LogP contribution in [0.3, 0.4) is 0 Å². The molecule has 0 heterocycles. The van der Waals surface area contributed by atoms with Crippen LogP contribution < -0.4 is 5.73 Å². The molecular weight excluding hydrogens is 506 g/mol. The molecule has 0 aliphatic heterocycles. The topological polar surface area (TPSA) is 26.0 Å². The first-order chi connectivity index (χ1) is 20.6. The van der Waals surface area contributed by atoms with Gasteiger partial charge in [-0.3, -0.25) is 0 Å². The average Bonchev–Trinajstić information content (AvgIpc) is 3.01. The second-order valence-electron chi connectivity index (χ2n) is 11.8. The molecule has 0 saturated heterocycles. The summed E-state index contributed by atoms with van der Waals surface area (Å²) in [5.41, 5.74) is 17.7. The Labute approximate surface area is 257 Å². The van der Waals surface area contributed by atoms with Crippen molar-refractivity contribution >= 4 is 11.1 Å². The minimum atomic E-state index is 0.758. The Bertz CT molecular complexity index is 1240.